The Morgan fingerprint density at radius 2 is 2.17 bits per heavy atom. The minimum Gasteiger partial charge on any atom is -0.338 e. The van der Waals surface area contributed by atoms with Crippen LogP contribution in [-0.2, 0) is 7.05 Å². The number of hydrogen-bond acceptors (Lipinski definition) is 3. The number of rotatable bonds is 1. The smallest absolute Gasteiger partial charge is 0.206 e. The van der Waals surface area contributed by atoms with Crippen molar-refractivity contribution in [1.29, 1.82) is 0 Å². The molecule has 4 nitrogen and oxygen atoms in total. The van der Waals surface area contributed by atoms with Gasteiger partial charge in [-0.1, -0.05) is 12.1 Å². The third-order valence-corrected chi connectivity index (χ3v) is 4.47. The van der Waals surface area contributed by atoms with E-state index in [0.717, 1.165) is 30.5 Å². The van der Waals surface area contributed by atoms with Gasteiger partial charge in [0.1, 0.15) is 0 Å². The number of para-hydroxylation sites is 2. The van der Waals surface area contributed by atoms with Crippen molar-refractivity contribution in [2.75, 3.05) is 24.5 Å². The molecule has 0 radical (unpaired) electrons. The zero-order valence-corrected chi connectivity index (χ0v) is 10.6. The molecule has 0 unspecified atom stereocenters. The first-order valence-electron chi connectivity index (χ1n) is 6.73. The van der Waals surface area contributed by atoms with Gasteiger partial charge in [0.05, 0.1) is 11.0 Å². The lowest BCUT2D eigenvalue weighted by atomic mass is 10.1. The molecule has 1 aromatic carbocycles. The number of benzene rings is 1. The second kappa shape index (κ2) is 3.72. The Morgan fingerprint density at radius 1 is 1.28 bits per heavy atom. The van der Waals surface area contributed by atoms with Crippen molar-refractivity contribution in [2.45, 2.75) is 12.5 Å². The molecule has 0 amide bonds. The summed E-state index contributed by atoms with van der Waals surface area (Å²) in [4.78, 5) is 7.31. The van der Waals surface area contributed by atoms with Gasteiger partial charge in [-0.25, -0.2) is 4.98 Å². The van der Waals surface area contributed by atoms with Crippen molar-refractivity contribution in [2.24, 2.45) is 13.0 Å². The summed E-state index contributed by atoms with van der Waals surface area (Å²) in [5.41, 5.74) is 2.33. The van der Waals surface area contributed by atoms with Crippen molar-refractivity contribution in [3.63, 3.8) is 0 Å². The topological polar surface area (TPSA) is 33.1 Å². The molecular formula is C14H18N4. The summed E-state index contributed by atoms with van der Waals surface area (Å²) in [6.07, 6.45) is 1.29. The quantitative estimate of drug-likeness (QED) is 0.820. The lowest BCUT2D eigenvalue weighted by Crippen LogP contribution is -2.35. The van der Waals surface area contributed by atoms with E-state index in [1.165, 1.54) is 18.5 Å². The minimum atomic E-state index is 0.639. The van der Waals surface area contributed by atoms with E-state index >= 15 is 0 Å². The van der Waals surface area contributed by atoms with Gasteiger partial charge in [-0.05, 0) is 24.5 Å². The molecule has 2 aliphatic rings. The molecular weight excluding hydrogens is 224 g/mol. The van der Waals surface area contributed by atoms with Crippen LogP contribution in [0.1, 0.15) is 6.42 Å². The number of imidazole rings is 1. The summed E-state index contributed by atoms with van der Waals surface area (Å²) in [5.74, 6) is 1.94. The zero-order chi connectivity index (χ0) is 12.1. The molecule has 2 atom stereocenters. The summed E-state index contributed by atoms with van der Waals surface area (Å²) in [6.45, 7) is 3.42. The standard InChI is InChI=1S/C14H18N4/c1-17-12-5-3-2-4-11(12)16-14(17)18-7-6-10-8-15-9-13(10)18/h2-5,10,13,15H,6-9H2,1H3/t10-,13+/m1/s1. The highest BCUT2D eigenvalue weighted by atomic mass is 15.4. The summed E-state index contributed by atoms with van der Waals surface area (Å²) in [7, 11) is 2.13. The molecule has 2 fully saturated rings. The monoisotopic (exact) mass is 242 g/mol. The maximum absolute atomic E-state index is 4.82. The minimum absolute atomic E-state index is 0.639. The van der Waals surface area contributed by atoms with Gasteiger partial charge in [0.25, 0.3) is 0 Å². The average molecular weight is 242 g/mol. The van der Waals surface area contributed by atoms with Crippen LogP contribution in [0.4, 0.5) is 5.95 Å². The highest BCUT2D eigenvalue weighted by Gasteiger charge is 2.39. The molecule has 1 aromatic heterocycles. The van der Waals surface area contributed by atoms with Crippen LogP contribution in [0.3, 0.4) is 0 Å². The molecule has 0 aliphatic carbocycles. The van der Waals surface area contributed by atoms with E-state index in [4.69, 9.17) is 4.98 Å². The molecule has 1 N–H and O–H groups in total. The van der Waals surface area contributed by atoms with Crippen molar-refractivity contribution in [3.8, 4) is 0 Å². The van der Waals surface area contributed by atoms with Gasteiger partial charge in [0, 0.05) is 32.7 Å². The first-order chi connectivity index (χ1) is 8.84. The molecule has 2 aromatic rings. The largest absolute Gasteiger partial charge is 0.338 e. The van der Waals surface area contributed by atoms with Crippen LogP contribution in [0.25, 0.3) is 11.0 Å². The van der Waals surface area contributed by atoms with Crippen molar-refractivity contribution >= 4 is 17.0 Å². The lowest BCUT2D eigenvalue weighted by molar-refractivity contribution is 0.574. The van der Waals surface area contributed by atoms with E-state index in [0.29, 0.717) is 6.04 Å². The highest BCUT2D eigenvalue weighted by Crippen LogP contribution is 2.32. The van der Waals surface area contributed by atoms with Gasteiger partial charge in [-0.3, -0.25) is 0 Å². The van der Waals surface area contributed by atoms with Crippen LogP contribution in [0.5, 0.6) is 0 Å². The fourth-order valence-corrected chi connectivity index (χ4v) is 3.49. The number of aryl methyl sites for hydroxylation is 1. The lowest BCUT2D eigenvalue weighted by Gasteiger charge is -2.24. The Labute approximate surface area is 107 Å². The molecule has 94 valence electrons. The van der Waals surface area contributed by atoms with Gasteiger partial charge in [-0.2, -0.15) is 0 Å². The summed E-state index contributed by atoms with van der Waals surface area (Å²) in [6, 6.07) is 9.02. The van der Waals surface area contributed by atoms with E-state index in [9.17, 15) is 0 Å². The van der Waals surface area contributed by atoms with Crippen LogP contribution >= 0.6 is 0 Å². The number of hydrogen-bond donors (Lipinski definition) is 1. The van der Waals surface area contributed by atoms with Crippen LogP contribution in [0.2, 0.25) is 0 Å². The second-order valence-corrected chi connectivity index (χ2v) is 5.43. The molecule has 18 heavy (non-hydrogen) atoms. The van der Waals surface area contributed by atoms with Gasteiger partial charge in [-0.15, -0.1) is 0 Å². The van der Waals surface area contributed by atoms with Gasteiger partial charge in [0.2, 0.25) is 5.95 Å². The first kappa shape index (κ1) is 10.4. The Morgan fingerprint density at radius 3 is 3.06 bits per heavy atom. The highest BCUT2D eigenvalue weighted by molar-refractivity contribution is 5.78. The SMILES string of the molecule is Cn1c(N2CC[C@@H]3CNC[C@@H]32)nc2ccccc21. The second-order valence-electron chi connectivity index (χ2n) is 5.43. The molecule has 0 spiro atoms. The third kappa shape index (κ3) is 1.32. The average Bonchev–Trinajstić information content (AvgIpc) is 3.04. The van der Waals surface area contributed by atoms with E-state index < -0.39 is 0 Å². The molecule has 2 aliphatic heterocycles. The molecule has 0 bridgehead atoms. The molecule has 3 heterocycles. The maximum Gasteiger partial charge on any atom is 0.206 e. The Hall–Kier alpha value is -1.55. The van der Waals surface area contributed by atoms with Crippen LogP contribution in [0.15, 0.2) is 24.3 Å². The van der Waals surface area contributed by atoms with E-state index in [2.05, 4.69) is 46.1 Å². The molecule has 0 saturated carbocycles. The number of aromatic nitrogens is 2. The van der Waals surface area contributed by atoms with Crippen LogP contribution in [-0.4, -0.2) is 35.2 Å². The molecule has 2 saturated heterocycles. The van der Waals surface area contributed by atoms with Crippen LogP contribution in [0, 0.1) is 5.92 Å². The summed E-state index contributed by atoms with van der Waals surface area (Å²) >= 11 is 0. The fraction of sp³-hybridized carbons (Fsp3) is 0.500. The van der Waals surface area contributed by atoms with Crippen molar-refractivity contribution in [1.82, 2.24) is 14.9 Å². The Kier molecular flexibility index (Phi) is 2.14. The van der Waals surface area contributed by atoms with E-state index in [1.807, 2.05) is 0 Å². The Bertz CT molecular complexity index is 588. The number of fused-ring (bicyclic) bond motifs is 2. The summed E-state index contributed by atoms with van der Waals surface area (Å²) < 4.78 is 2.23. The molecule has 4 rings (SSSR count). The van der Waals surface area contributed by atoms with Crippen molar-refractivity contribution in [3.05, 3.63) is 24.3 Å². The van der Waals surface area contributed by atoms with Gasteiger partial charge >= 0.3 is 0 Å². The fourth-order valence-electron chi connectivity index (χ4n) is 3.49. The predicted octanol–water partition coefficient (Wildman–Crippen LogP) is 1.37. The number of anilines is 1. The normalized spacial score (nSPS) is 27.1. The van der Waals surface area contributed by atoms with E-state index in [1.54, 1.807) is 0 Å². The number of nitrogens with zero attached hydrogens (tertiary/aromatic N) is 3. The Balaban J connectivity index is 1.80. The number of nitrogens with one attached hydrogen (secondary N) is 1. The predicted molar refractivity (Wildman–Crippen MR) is 72.8 cm³/mol. The van der Waals surface area contributed by atoms with Crippen molar-refractivity contribution < 1.29 is 0 Å². The first-order valence-corrected chi connectivity index (χ1v) is 6.73. The van der Waals surface area contributed by atoms with Crippen LogP contribution < -0.4 is 10.2 Å². The zero-order valence-electron chi connectivity index (χ0n) is 10.6. The van der Waals surface area contributed by atoms with Gasteiger partial charge < -0.3 is 14.8 Å². The van der Waals surface area contributed by atoms with E-state index in [-0.39, 0.29) is 0 Å². The van der Waals surface area contributed by atoms with Gasteiger partial charge in [0.15, 0.2) is 0 Å². The third-order valence-electron chi connectivity index (χ3n) is 4.47. The maximum atomic E-state index is 4.82. The summed E-state index contributed by atoms with van der Waals surface area (Å²) in [5, 5.41) is 3.50. The molecule has 4 heteroatoms.